The first kappa shape index (κ1) is 15.7. The van der Waals surface area contributed by atoms with Crippen molar-refractivity contribution in [3.63, 3.8) is 0 Å². The standard InChI is InChI=1S/C15H26N4O2/c1-10(2)9-19-13(16)12(14(20)18-15(19)21)17-11-7-5-3-4-6-8-11/h10-11,17H,3-9,16H2,1-2H3,(H,18,20,21). The molecule has 0 aliphatic heterocycles. The van der Waals surface area contributed by atoms with Crippen LogP contribution in [0.1, 0.15) is 52.4 Å². The molecular formula is C15H26N4O2. The largest absolute Gasteiger partial charge is 0.383 e. The van der Waals surface area contributed by atoms with E-state index in [0.29, 0.717) is 12.2 Å². The van der Waals surface area contributed by atoms with Gasteiger partial charge < -0.3 is 11.1 Å². The topological polar surface area (TPSA) is 92.9 Å². The molecule has 118 valence electrons. The van der Waals surface area contributed by atoms with Gasteiger partial charge in [0.15, 0.2) is 0 Å². The molecule has 0 atom stereocenters. The van der Waals surface area contributed by atoms with Crippen molar-refractivity contribution in [1.82, 2.24) is 9.55 Å². The Balaban J connectivity index is 2.29. The van der Waals surface area contributed by atoms with Crippen LogP contribution in [0.25, 0.3) is 0 Å². The van der Waals surface area contributed by atoms with Crippen LogP contribution in [0.15, 0.2) is 9.59 Å². The Morgan fingerprint density at radius 3 is 2.43 bits per heavy atom. The van der Waals surface area contributed by atoms with Gasteiger partial charge in [-0.2, -0.15) is 0 Å². The van der Waals surface area contributed by atoms with E-state index in [1.165, 1.54) is 30.3 Å². The molecule has 1 heterocycles. The summed E-state index contributed by atoms with van der Waals surface area (Å²) in [5, 5.41) is 3.27. The second-order valence-electron chi connectivity index (χ2n) is 6.36. The van der Waals surface area contributed by atoms with Gasteiger partial charge in [-0.1, -0.05) is 39.5 Å². The maximum absolute atomic E-state index is 12.0. The zero-order valence-electron chi connectivity index (χ0n) is 12.9. The minimum Gasteiger partial charge on any atom is -0.383 e. The summed E-state index contributed by atoms with van der Waals surface area (Å²) in [7, 11) is 0. The lowest BCUT2D eigenvalue weighted by Crippen LogP contribution is -2.36. The predicted octanol–water partition coefficient (Wildman–Crippen LogP) is 1.91. The van der Waals surface area contributed by atoms with Crippen molar-refractivity contribution in [2.45, 2.75) is 65.0 Å². The normalized spacial score (nSPS) is 16.9. The molecule has 0 spiro atoms. The van der Waals surface area contributed by atoms with E-state index in [4.69, 9.17) is 5.73 Å². The van der Waals surface area contributed by atoms with Crippen LogP contribution in [0.4, 0.5) is 11.5 Å². The van der Waals surface area contributed by atoms with Gasteiger partial charge in [0.25, 0.3) is 5.56 Å². The van der Waals surface area contributed by atoms with Crippen molar-refractivity contribution < 1.29 is 0 Å². The molecule has 4 N–H and O–H groups in total. The molecule has 1 fully saturated rings. The van der Waals surface area contributed by atoms with Crippen molar-refractivity contribution >= 4 is 11.5 Å². The summed E-state index contributed by atoms with van der Waals surface area (Å²) in [5.74, 6) is 0.531. The maximum Gasteiger partial charge on any atom is 0.330 e. The minimum atomic E-state index is -0.433. The summed E-state index contributed by atoms with van der Waals surface area (Å²) >= 11 is 0. The van der Waals surface area contributed by atoms with Crippen LogP contribution in [0.5, 0.6) is 0 Å². The second kappa shape index (κ2) is 6.83. The number of H-pyrrole nitrogens is 1. The van der Waals surface area contributed by atoms with Gasteiger partial charge >= 0.3 is 5.69 Å². The number of rotatable bonds is 4. The van der Waals surface area contributed by atoms with Gasteiger partial charge in [0.1, 0.15) is 11.5 Å². The lowest BCUT2D eigenvalue weighted by molar-refractivity contribution is 0.507. The van der Waals surface area contributed by atoms with Crippen molar-refractivity contribution in [3.8, 4) is 0 Å². The van der Waals surface area contributed by atoms with Crippen molar-refractivity contribution in [3.05, 3.63) is 20.8 Å². The molecule has 6 nitrogen and oxygen atoms in total. The molecule has 2 rings (SSSR count). The van der Waals surface area contributed by atoms with Gasteiger partial charge in [0.2, 0.25) is 0 Å². The average molecular weight is 294 g/mol. The number of aromatic amines is 1. The molecule has 0 amide bonds. The lowest BCUT2D eigenvalue weighted by Gasteiger charge is -2.20. The maximum atomic E-state index is 12.0. The van der Waals surface area contributed by atoms with Gasteiger partial charge in [-0.25, -0.2) is 4.79 Å². The van der Waals surface area contributed by atoms with Gasteiger partial charge in [0.05, 0.1) is 0 Å². The Kier molecular flexibility index (Phi) is 5.09. The van der Waals surface area contributed by atoms with E-state index < -0.39 is 11.2 Å². The number of aromatic nitrogens is 2. The molecule has 21 heavy (non-hydrogen) atoms. The molecule has 1 aromatic rings. The summed E-state index contributed by atoms with van der Waals surface area (Å²) in [6.45, 7) is 4.52. The molecule has 0 aromatic carbocycles. The highest BCUT2D eigenvalue weighted by Crippen LogP contribution is 2.22. The van der Waals surface area contributed by atoms with Crippen LogP contribution in [0.3, 0.4) is 0 Å². The first-order valence-corrected chi connectivity index (χ1v) is 7.88. The minimum absolute atomic E-state index is 0.252. The van der Waals surface area contributed by atoms with E-state index in [1.807, 2.05) is 13.8 Å². The Morgan fingerprint density at radius 1 is 1.24 bits per heavy atom. The highest BCUT2D eigenvalue weighted by Gasteiger charge is 2.18. The van der Waals surface area contributed by atoms with Crippen molar-refractivity contribution in [2.24, 2.45) is 5.92 Å². The molecule has 1 aliphatic carbocycles. The summed E-state index contributed by atoms with van der Waals surface area (Å²) in [5.41, 5.74) is 5.57. The van der Waals surface area contributed by atoms with Crippen LogP contribution >= 0.6 is 0 Å². The molecule has 6 heteroatoms. The Labute approximate surface area is 124 Å². The van der Waals surface area contributed by atoms with Crippen LogP contribution in [0, 0.1) is 5.92 Å². The van der Waals surface area contributed by atoms with Crippen LogP contribution < -0.4 is 22.3 Å². The fraction of sp³-hybridized carbons (Fsp3) is 0.733. The molecular weight excluding hydrogens is 268 g/mol. The number of anilines is 2. The quantitative estimate of drug-likeness (QED) is 0.739. The molecule has 0 bridgehead atoms. The van der Waals surface area contributed by atoms with E-state index >= 15 is 0 Å². The van der Waals surface area contributed by atoms with E-state index in [-0.39, 0.29) is 17.8 Å². The van der Waals surface area contributed by atoms with Gasteiger partial charge in [0, 0.05) is 12.6 Å². The van der Waals surface area contributed by atoms with Crippen LogP contribution in [-0.2, 0) is 6.54 Å². The number of nitrogen functional groups attached to an aromatic ring is 1. The van der Waals surface area contributed by atoms with Crippen molar-refractivity contribution in [1.29, 1.82) is 0 Å². The SMILES string of the molecule is CC(C)Cn1c(N)c(NC2CCCCCC2)c(=O)[nH]c1=O. The predicted molar refractivity (Wildman–Crippen MR) is 85.7 cm³/mol. The smallest absolute Gasteiger partial charge is 0.330 e. The van der Waals surface area contributed by atoms with E-state index in [1.54, 1.807) is 0 Å². The molecule has 1 saturated carbocycles. The van der Waals surface area contributed by atoms with Crippen molar-refractivity contribution in [2.75, 3.05) is 11.1 Å². The number of nitrogens with zero attached hydrogens (tertiary/aromatic N) is 1. The van der Waals surface area contributed by atoms with E-state index in [2.05, 4.69) is 10.3 Å². The lowest BCUT2D eigenvalue weighted by atomic mass is 10.1. The molecule has 0 radical (unpaired) electrons. The van der Waals surface area contributed by atoms with Crippen LogP contribution in [0.2, 0.25) is 0 Å². The average Bonchev–Trinajstić information content (AvgIpc) is 2.68. The summed E-state index contributed by atoms with van der Waals surface area (Å²) < 4.78 is 1.45. The Hall–Kier alpha value is -1.72. The third-order valence-corrected chi connectivity index (χ3v) is 3.99. The van der Waals surface area contributed by atoms with Crippen LogP contribution in [-0.4, -0.2) is 15.6 Å². The Bertz CT molecular complexity index is 580. The van der Waals surface area contributed by atoms with Gasteiger partial charge in [-0.15, -0.1) is 0 Å². The number of hydrogen-bond acceptors (Lipinski definition) is 4. The third kappa shape index (κ3) is 3.89. The number of hydrogen-bond donors (Lipinski definition) is 3. The summed E-state index contributed by atoms with van der Waals surface area (Å²) in [6, 6.07) is 0.265. The fourth-order valence-corrected chi connectivity index (χ4v) is 2.90. The molecule has 1 aromatic heterocycles. The summed E-state index contributed by atoms with van der Waals surface area (Å²) in [4.78, 5) is 26.3. The highest BCUT2D eigenvalue weighted by atomic mass is 16.2. The number of nitrogens with two attached hydrogens (primary N) is 1. The first-order valence-electron chi connectivity index (χ1n) is 7.88. The van der Waals surface area contributed by atoms with E-state index in [0.717, 1.165) is 12.8 Å². The highest BCUT2D eigenvalue weighted by molar-refractivity contribution is 5.60. The monoisotopic (exact) mass is 294 g/mol. The Morgan fingerprint density at radius 2 is 1.86 bits per heavy atom. The zero-order chi connectivity index (χ0) is 15.4. The molecule has 1 aliphatic rings. The van der Waals surface area contributed by atoms with E-state index in [9.17, 15) is 9.59 Å². The summed E-state index contributed by atoms with van der Waals surface area (Å²) in [6.07, 6.45) is 6.92. The first-order chi connectivity index (χ1) is 9.99. The second-order valence-corrected chi connectivity index (χ2v) is 6.36. The third-order valence-electron chi connectivity index (χ3n) is 3.99. The molecule has 0 saturated heterocycles. The fourth-order valence-electron chi connectivity index (χ4n) is 2.90. The van der Waals surface area contributed by atoms with Gasteiger partial charge in [-0.05, 0) is 18.8 Å². The van der Waals surface area contributed by atoms with Gasteiger partial charge in [-0.3, -0.25) is 14.3 Å². The number of nitrogens with one attached hydrogen (secondary N) is 2. The molecule has 0 unspecified atom stereocenters. The zero-order valence-corrected chi connectivity index (χ0v) is 12.9.